The van der Waals surface area contributed by atoms with Gasteiger partial charge in [-0.25, -0.2) is 0 Å². The van der Waals surface area contributed by atoms with E-state index in [-0.39, 0.29) is 0 Å². The standard InChI is InChI=1S/C112H80N4/c113-111(82-20-2-1-3-21-82)115-108(64-59-88-67-85-22-5-9-28-91(85)95-32-13-12-29-92(88)95)79-50-41-73(42-51-79)75-45-54-81(55-46-75)110-94-31-11-7-24-87(94)70-106-102(110)62-58-77-47-56-84(68-103(77)106)83-25-18-26-89(66-83)112(114)116-107(63-38-71-37-60-100-98-35-15-14-33-96(98)97-34-16-17-36-99(97)104(100)65-71)78-48-39-72(40-49-78)74-43-52-80(53-44-74)109-93-30-10-6-23-86(93)69-105-90-27-8-4-19-76(90)57-61-101(105)109/h1-37,39-58,60-70,111-112,115-116H,38,59,113-114H2/b107-63-,108-64-. The molecule has 0 fully saturated rings. The maximum atomic E-state index is 7.49. The van der Waals surface area contributed by atoms with Crippen molar-refractivity contribution >= 4 is 130 Å². The zero-order valence-corrected chi connectivity index (χ0v) is 64.0. The van der Waals surface area contributed by atoms with Gasteiger partial charge < -0.3 is 22.1 Å². The van der Waals surface area contributed by atoms with Crippen LogP contribution in [0, 0.1) is 0 Å². The molecule has 0 amide bonds. The lowest BCUT2D eigenvalue weighted by atomic mass is 9.88. The number of allylic oxidation sites excluding steroid dienone is 2. The smallest absolute Gasteiger partial charge is 0.101 e. The van der Waals surface area contributed by atoms with Crippen LogP contribution >= 0.6 is 0 Å². The molecule has 21 aromatic carbocycles. The van der Waals surface area contributed by atoms with E-state index in [1.165, 1.54) is 146 Å². The van der Waals surface area contributed by atoms with Gasteiger partial charge in [0.2, 0.25) is 0 Å². The lowest BCUT2D eigenvalue weighted by Crippen LogP contribution is -2.27. The van der Waals surface area contributed by atoms with Crippen molar-refractivity contribution in [1.82, 2.24) is 10.6 Å². The Morgan fingerprint density at radius 2 is 0.569 bits per heavy atom. The monoisotopic (exact) mass is 1480 g/mol. The van der Waals surface area contributed by atoms with Crippen molar-refractivity contribution in [3.63, 3.8) is 0 Å². The molecule has 6 N–H and O–H groups in total. The second kappa shape index (κ2) is 29.5. The van der Waals surface area contributed by atoms with Crippen LogP contribution < -0.4 is 22.1 Å². The molecule has 0 saturated heterocycles. The van der Waals surface area contributed by atoms with Crippen molar-refractivity contribution in [3.8, 4) is 55.6 Å². The van der Waals surface area contributed by atoms with Gasteiger partial charge in [-0.3, -0.25) is 0 Å². The zero-order valence-electron chi connectivity index (χ0n) is 64.0. The van der Waals surface area contributed by atoms with E-state index in [1.54, 1.807) is 0 Å². The summed E-state index contributed by atoms with van der Waals surface area (Å²) in [6.45, 7) is 0. The number of benzene rings is 21. The Labute approximate surface area is 674 Å². The molecule has 0 bridgehead atoms. The van der Waals surface area contributed by atoms with Crippen LogP contribution in [0.4, 0.5) is 0 Å². The van der Waals surface area contributed by atoms with Crippen LogP contribution in [-0.2, 0) is 12.8 Å². The van der Waals surface area contributed by atoms with Gasteiger partial charge in [0, 0.05) is 11.4 Å². The molecule has 4 nitrogen and oxygen atoms in total. The third-order valence-electron chi connectivity index (χ3n) is 24.1. The molecular formula is C112H80N4. The first-order valence-electron chi connectivity index (χ1n) is 40.3. The minimum Gasteiger partial charge on any atom is -0.366 e. The van der Waals surface area contributed by atoms with Crippen LogP contribution in [-0.4, -0.2) is 0 Å². The van der Waals surface area contributed by atoms with Gasteiger partial charge in [0.25, 0.3) is 0 Å². The number of rotatable bonds is 17. The SMILES string of the molecule is NC(N/C(=C\Cc1cc2ccccc2c2ccccc12)c1ccc(-c2ccc(-c3c4ccccc4cc4c3ccc3ccc(-c5cccc(C(N)N/C(=C\Cc6ccc7c8ccccc8c8ccccc8c7c6)c6ccc(-c7ccc(-c8c9ccccc9cc9c8ccc8ccccc89)cc7)cc6)c5)cc34)cc2)cc1)c1ccccc1. The zero-order chi connectivity index (χ0) is 77.2. The minimum absolute atomic E-state index is 0.401. The third kappa shape index (κ3) is 12.8. The van der Waals surface area contributed by atoms with Gasteiger partial charge in [0.1, 0.15) is 12.3 Å². The topological polar surface area (TPSA) is 76.1 Å². The summed E-state index contributed by atoms with van der Waals surface area (Å²) in [5, 5.41) is 35.0. The van der Waals surface area contributed by atoms with Crippen molar-refractivity contribution in [2.24, 2.45) is 11.5 Å². The minimum atomic E-state index is -0.542. The van der Waals surface area contributed by atoms with Crippen molar-refractivity contribution in [2.75, 3.05) is 0 Å². The fraction of sp³-hybridized carbons (Fsp3) is 0.0357. The van der Waals surface area contributed by atoms with E-state index in [4.69, 9.17) is 11.5 Å². The van der Waals surface area contributed by atoms with Crippen LogP contribution in [0.25, 0.3) is 186 Å². The average Bonchev–Trinajstić information content (AvgIpc) is 0.745. The summed E-state index contributed by atoms with van der Waals surface area (Å²) in [4.78, 5) is 0. The summed E-state index contributed by atoms with van der Waals surface area (Å²) in [5.74, 6) is 0. The van der Waals surface area contributed by atoms with Gasteiger partial charge in [0.15, 0.2) is 0 Å². The summed E-state index contributed by atoms with van der Waals surface area (Å²) >= 11 is 0. The molecule has 4 heteroatoms. The molecule has 0 aliphatic rings. The molecule has 0 aromatic heterocycles. The highest BCUT2D eigenvalue weighted by molar-refractivity contribution is 6.26. The van der Waals surface area contributed by atoms with Gasteiger partial charge >= 0.3 is 0 Å². The largest absolute Gasteiger partial charge is 0.366 e. The summed E-state index contributed by atoms with van der Waals surface area (Å²) in [5.41, 5.74) is 34.6. The van der Waals surface area contributed by atoms with Gasteiger partial charge in [0.05, 0.1) is 0 Å². The second-order valence-corrected chi connectivity index (χ2v) is 30.9. The molecule has 0 aliphatic carbocycles. The first kappa shape index (κ1) is 69.4. The summed E-state index contributed by atoms with van der Waals surface area (Å²) in [6, 6.07) is 147. The second-order valence-electron chi connectivity index (χ2n) is 30.9. The molecule has 0 aliphatic heterocycles. The summed E-state index contributed by atoms with van der Waals surface area (Å²) in [7, 11) is 0. The van der Waals surface area contributed by atoms with E-state index in [1.807, 2.05) is 18.2 Å². The van der Waals surface area contributed by atoms with Gasteiger partial charge in [-0.2, -0.15) is 0 Å². The molecule has 0 saturated carbocycles. The van der Waals surface area contributed by atoms with Crippen molar-refractivity contribution in [1.29, 1.82) is 0 Å². The quantitative estimate of drug-likeness (QED) is 0.0416. The number of nitrogens with one attached hydrogen (secondary N) is 2. The van der Waals surface area contributed by atoms with E-state index in [0.29, 0.717) is 6.42 Å². The molecule has 0 radical (unpaired) electrons. The van der Waals surface area contributed by atoms with Crippen molar-refractivity contribution < 1.29 is 0 Å². The van der Waals surface area contributed by atoms with E-state index >= 15 is 0 Å². The maximum absolute atomic E-state index is 7.49. The molecule has 2 atom stereocenters. The fourth-order valence-electron chi connectivity index (χ4n) is 18.2. The van der Waals surface area contributed by atoms with E-state index in [9.17, 15) is 0 Å². The number of fused-ring (bicyclic) bond motifs is 17. The average molecular weight is 1480 g/mol. The Hall–Kier alpha value is -14.5. The van der Waals surface area contributed by atoms with Crippen LogP contribution in [0.1, 0.15) is 45.7 Å². The Kier molecular flexibility index (Phi) is 17.7. The molecule has 0 heterocycles. The van der Waals surface area contributed by atoms with E-state index in [2.05, 4.69) is 405 Å². The Morgan fingerprint density at radius 1 is 0.216 bits per heavy atom. The predicted molar refractivity (Wildman–Crippen MR) is 495 cm³/mol. The maximum Gasteiger partial charge on any atom is 0.101 e. The predicted octanol–water partition coefficient (Wildman–Crippen LogP) is 28.4. The molecule has 548 valence electrons. The van der Waals surface area contributed by atoms with Gasteiger partial charge in [-0.15, -0.1) is 0 Å². The first-order valence-corrected chi connectivity index (χ1v) is 40.3. The van der Waals surface area contributed by atoms with Crippen LogP contribution in [0.15, 0.2) is 413 Å². The lowest BCUT2D eigenvalue weighted by Gasteiger charge is -2.20. The molecule has 21 rings (SSSR count). The number of nitrogens with two attached hydrogens (primary N) is 2. The van der Waals surface area contributed by atoms with Gasteiger partial charge in [-0.05, 0) is 245 Å². The highest BCUT2D eigenvalue weighted by Crippen LogP contribution is 2.45. The Bertz CT molecular complexity index is 7470. The normalized spacial score (nSPS) is 12.7. The number of hydrogen-bond acceptors (Lipinski definition) is 4. The fourth-order valence-corrected chi connectivity index (χ4v) is 18.2. The highest BCUT2D eigenvalue weighted by Gasteiger charge is 2.20. The number of hydrogen-bond donors (Lipinski definition) is 4. The Morgan fingerprint density at radius 3 is 1.12 bits per heavy atom. The third-order valence-corrected chi connectivity index (χ3v) is 24.1. The molecule has 21 aromatic rings. The van der Waals surface area contributed by atoms with Crippen LogP contribution in [0.3, 0.4) is 0 Å². The van der Waals surface area contributed by atoms with E-state index in [0.717, 1.165) is 79.0 Å². The molecule has 116 heavy (non-hydrogen) atoms. The highest BCUT2D eigenvalue weighted by atomic mass is 15.0. The molecule has 0 spiro atoms. The lowest BCUT2D eigenvalue weighted by molar-refractivity contribution is 0.666. The first-order chi connectivity index (χ1) is 57.3. The van der Waals surface area contributed by atoms with Gasteiger partial charge in [-0.1, -0.05) is 388 Å². The van der Waals surface area contributed by atoms with Crippen molar-refractivity contribution in [3.05, 3.63) is 446 Å². The molecular weight excluding hydrogens is 1400 g/mol. The Balaban J connectivity index is 0.584. The molecule has 2 unspecified atom stereocenters. The van der Waals surface area contributed by atoms with Crippen molar-refractivity contribution in [2.45, 2.75) is 25.2 Å². The summed E-state index contributed by atoms with van der Waals surface area (Å²) < 4.78 is 0. The summed E-state index contributed by atoms with van der Waals surface area (Å²) in [6.07, 6.45) is 5.10. The van der Waals surface area contributed by atoms with Crippen LogP contribution in [0.2, 0.25) is 0 Å². The van der Waals surface area contributed by atoms with E-state index < -0.39 is 12.3 Å². The van der Waals surface area contributed by atoms with Crippen LogP contribution in [0.5, 0.6) is 0 Å².